The Balaban J connectivity index is 1.53. The topological polar surface area (TPSA) is 74.5 Å². The maximum atomic E-state index is 12.8. The van der Waals surface area contributed by atoms with Gasteiger partial charge < -0.3 is 20.2 Å². The normalized spacial score (nSPS) is 11.9. The number of hydrogen-bond donors (Lipinski definition) is 3. The van der Waals surface area contributed by atoms with Crippen LogP contribution in [0.15, 0.2) is 59.2 Å². The molecule has 0 radical (unpaired) electrons. The van der Waals surface area contributed by atoms with Gasteiger partial charge in [0.15, 0.2) is 0 Å². The second kappa shape index (κ2) is 7.29. The van der Waals surface area contributed by atoms with Crippen molar-refractivity contribution in [3.63, 3.8) is 0 Å². The molecule has 2 amide bonds. The van der Waals surface area contributed by atoms with Crippen molar-refractivity contribution in [3.05, 3.63) is 76.1 Å². The van der Waals surface area contributed by atoms with Gasteiger partial charge in [0.1, 0.15) is 17.7 Å². The molecule has 2 heterocycles. The maximum absolute atomic E-state index is 12.8. The lowest BCUT2D eigenvalue weighted by Crippen LogP contribution is -2.27. The van der Waals surface area contributed by atoms with Gasteiger partial charge in [0.05, 0.1) is 12.8 Å². The summed E-state index contributed by atoms with van der Waals surface area (Å²) in [5, 5.41) is 15.5. The fourth-order valence-electron chi connectivity index (χ4n) is 2.10. The number of aliphatic hydroxyl groups excluding tert-OH is 1. The lowest BCUT2D eigenvalue weighted by atomic mass is 10.2. The number of carbonyl (C=O) groups is 1. The highest BCUT2D eigenvalue weighted by atomic mass is 32.1. The highest BCUT2D eigenvalue weighted by Crippen LogP contribution is 2.28. The standard InChI is InChI=1S/C17H15FN2O3S/c18-11-3-5-12(6-4-11)20-17(22)19-10-13-7-8-15(24-13)16(21)14-2-1-9-23-14/h1-9,16,21H,10H2,(H2,19,20,22). The zero-order valence-corrected chi connectivity index (χ0v) is 13.3. The molecule has 0 spiro atoms. The number of rotatable bonds is 5. The van der Waals surface area contributed by atoms with Gasteiger partial charge in [-0.15, -0.1) is 11.3 Å². The van der Waals surface area contributed by atoms with Gasteiger partial charge in [0, 0.05) is 15.4 Å². The number of urea groups is 1. The molecule has 3 rings (SSSR count). The van der Waals surface area contributed by atoms with E-state index in [1.165, 1.54) is 41.9 Å². The van der Waals surface area contributed by atoms with Crippen LogP contribution in [0, 0.1) is 5.82 Å². The van der Waals surface area contributed by atoms with Crippen LogP contribution in [-0.4, -0.2) is 11.1 Å². The Morgan fingerprint density at radius 2 is 2.00 bits per heavy atom. The quantitative estimate of drug-likeness (QED) is 0.656. The fourth-order valence-corrected chi connectivity index (χ4v) is 3.05. The van der Waals surface area contributed by atoms with E-state index in [-0.39, 0.29) is 11.8 Å². The summed E-state index contributed by atoms with van der Waals surface area (Å²) < 4.78 is 18.0. The van der Waals surface area contributed by atoms with Crippen LogP contribution in [-0.2, 0) is 6.54 Å². The summed E-state index contributed by atoms with van der Waals surface area (Å²) in [6.07, 6.45) is 0.695. The molecule has 0 aliphatic rings. The number of benzene rings is 1. The highest BCUT2D eigenvalue weighted by molar-refractivity contribution is 7.12. The summed E-state index contributed by atoms with van der Waals surface area (Å²) in [4.78, 5) is 13.5. The summed E-state index contributed by atoms with van der Waals surface area (Å²) in [5.74, 6) is 0.118. The van der Waals surface area contributed by atoms with Crippen molar-refractivity contribution in [2.75, 3.05) is 5.32 Å². The first-order chi connectivity index (χ1) is 11.6. The fraction of sp³-hybridized carbons (Fsp3) is 0.118. The first-order valence-corrected chi connectivity index (χ1v) is 8.04. The lowest BCUT2D eigenvalue weighted by molar-refractivity contribution is 0.193. The third kappa shape index (κ3) is 4.01. The predicted octanol–water partition coefficient (Wildman–Crippen LogP) is 3.88. The van der Waals surface area contributed by atoms with Crippen molar-refractivity contribution < 1.29 is 18.7 Å². The van der Waals surface area contributed by atoms with Gasteiger partial charge in [-0.25, -0.2) is 9.18 Å². The number of halogens is 1. The van der Waals surface area contributed by atoms with E-state index in [2.05, 4.69) is 10.6 Å². The minimum absolute atomic E-state index is 0.322. The summed E-state index contributed by atoms with van der Waals surface area (Å²) >= 11 is 1.39. The van der Waals surface area contributed by atoms with Gasteiger partial charge in [0.25, 0.3) is 0 Å². The molecule has 3 N–H and O–H groups in total. The molecule has 0 bridgehead atoms. The van der Waals surface area contributed by atoms with Crippen LogP contribution in [0.1, 0.15) is 21.6 Å². The van der Waals surface area contributed by atoms with Crippen LogP contribution >= 0.6 is 11.3 Å². The number of hydrogen-bond acceptors (Lipinski definition) is 4. The number of thiophene rings is 1. The number of aliphatic hydroxyl groups is 1. The van der Waals surface area contributed by atoms with Crippen molar-refractivity contribution in [2.45, 2.75) is 12.6 Å². The van der Waals surface area contributed by atoms with Gasteiger partial charge in [-0.05, 0) is 48.5 Å². The number of anilines is 1. The highest BCUT2D eigenvalue weighted by Gasteiger charge is 2.15. The molecule has 1 unspecified atom stereocenters. The summed E-state index contributed by atoms with van der Waals surface area (Å²) in [6, 6.07) is 12.2. The van der Waals surface area contributed by atoms with E-state index < -0.39 is 6.10 Å². The smallest absolute Gasteiger partial charge is 0.319 e. The van der Waals surface area contributed by atoms with E-state index in [0.717, 1.165) is 9.75 Å². The molecule has 124 valence electrons. The monoisotopic (exact) mass is 346 g/mol. The molecule has 0 fully saturated rings. The van der Waals surface area contributed by atoms with Gasteiger partial charge in [-0.2, -0.15) is 0 Å². The molecule has 0 aliphatic carbocycles. The molecular formula is C17H15FN2O3S. The van der Waals surface area contributed by atoms with Crippen LogP contribution in [0.4, 0.5) is 14.9 Å². The van der Waals surface area contributed by atoms with Crippen LogP contribution in [0.2, 0.25) is 0 Å². The molecule has 1 atom stereocenters. The molecule has 0 saturated heterocycles. The second-order valence-corrected chi connectivity index (χ2v) is 6.24. The number of furan rings is 1. The molecule has 24 heavy (non-hydrogen) atoms. The Hall–Kier alpha value is -2.64. The average molecular weight is 346 g/mol. The largest absolute Gasteiger partial charge is 0.466 e. The van der Waals surface area contributed by atoms with Gasteiger partial charge in [0.2, 0.25) is 0 Å². The predicted molar refractivity (Wildman–Crippen MR) is 89.3 cm³/mol. The van der Waals surface area contributed by atoms with E-state index in [4.69, 9.17) is 4.42 Å². The second-order valence-electron chi connectivity index (χ2n) is 5.04. The zero-order valence-electron chi connectivity index (χ0n) is 12.5. The van der Waals surface area contributed by atoms with E-state index in [9.17, 15) is 14.3 Å². The van der Waals surface area contributed by atoms with Crippen LogP contribution < -0.4 is 10.6 Å². The zero-order chi connectivity index (χ0) is 16.9. The molecule has 5 nitrogen and oxygen atoms in total. The molecule has 1 aromatic carbocycles. The van der Waals surface area contributed by atoms with Crippen molar-refractivity contribution in [1.29, 1.82) is 0 Å². The van der Waals surface area contributed by atoms with E-state index in [1.807, 2.05) is 6.07 Å². The van der Waals surface area contributed by atoms with E-state index in [1.54, 1.807) is 18.2 Å². The van der Waals surface area contributed by atoms with E-state index >= 15 is 0 Å². The van der Waals surface area contributed by atoms with Gasteiger partial charge in [-0.3, -0.25) is 0 Å². The molecule has 7 heteroatoms. The van der Waals surface area contributed by atoms with Crippen LogP contribution in [0.5, 0.6) is 0 Å². The van der Waals surface area contributed by atoms with Crippen molar-refractivity contribution in [3.8, 4) is 0 Å². The molecule has 0 aliphatic heterocycles. The minimum Gasteiger partial charge on any atom is -0.466 e. The SMILES string of the molecule is O=C(NCc1ccc(C(O)c2ccco2)s1)Nc1ccc(F)cc1. The Morgan fingerprint density at radius 1 is 1.21 bits per heavy atom. The van der Waals surface area contributed by atoms with Crippen LogP contribution in [0.25, 0.3) is 0 Å². The molecule has 2 aromatic heterocycles. The number of nitrogens with one attached hydrogen (secondary N) is 2. The van der Waals surface area contributed by atoms with Crippen LogP contribution in [0.3, 0.4) is 0 Å². The lowest BCUT2D eigenvalue weighted by Gasteiger charge is -2.07. The maximum Gasteiger partial charge on any atom is 0.319 e. The van der Waals surface area contributed by atoms with Gasteiger partial charge >= 0.3 is 6.03 Å². The van der Waals surface area contributed by atoms with Gasteiger partial charge in [-0.1, -0.05) is 0 Å². The Kier molecular flexibility index (Phi) is 4.93. The minimum atomic E-state index is -0.813. The first-order valence-electron chi connectivity index (χ1n) is 7.22. The van der Waals surface area contributed by atoms with Crippen molar-refractivity contribution in [1.82, 2.24) is 5.32 Å². The summed E-state index contributed by atoms with van der Waals surface area (Å²) in [5.41, 5.74) is 0.508. The average Bonchev–Trinajstić information content (AvgIpc) is 3.26. The third-order valence-electron chi connectivity index (χ3n) is 3.29. The number of carbonyl (C=O) groups excluding carboxylic acids is 1. The molecular weight excluding hydrogens is 331 g/mol. The van der Waals surface area contributed by atoms with Crippen molar-refractivity contribution >= 4 is 23.1 Å². The Labute approximate surface area is 141 Å². The first kappa shape index (κ1) is 16.2. The Bertz CT molecular complexity index is 800. The van der Waals surface area contributed by atoms with E-state index in [0.29, 0.717) is 18.0 Å². The summed E-state index contributed by atoms with van der Waals surface area (Å²) in [7, 11) is 0. The molecule has 0 saturated carbocycles. The summed E-state index contributed by atoms with van der Waals surface area (Å²) in [6.45, 7) is 0.322. The third-order valence-corrected chi connectivity index (χ3v) is 4.43. The molecule has 3 aromatic rings. The Morgan fingerprint density at radius 3 is 2.71 bits per heavy atom. The van der Waals surface area contributed by atoms with Crippen molar-refractivity contribution in [2.24, 2.45) is 0 Å². The number of amides is 2.